The predicted octanol–water partition coefficient (Wildman–Crippen LogP) is -1.01. The highest BCUT2D eigenvalue weighted by Crippen LogP contribution is 2.12. The van der Waals surface area contributed by atoms with Crippen LogP contribution in [0.2, 0.25) is 0 Å². The van der Waals surface area contributed by atoms with Crippen LogP contribution < -0.4 is 21.7 Å². The Morgan fingerprint density at radius 2 is 1.10 bits per heavy atom. The van der Waals surface area contributed by atoms with Crippen molar-refractivity contribution in [2.45, 2.75) is 49.9 Å². The van der Waals surface area contributed by atoms with Gasteiger partial charge < -0.3 is 42.1 Å². The monoisotopic (exact) mass is 558 g/mol. The van der Waals surface area contributed by atoms with Crippen LogP contribution in [0.1, 0.15) is 24.0 Å². The first-order valence-corrected chi connectivity index (χ1v) is 12.0. The topological polar surface area (TPSA) is 245 Å². The molecule has 14 nitrogen and oxygen atoms in total. The average molecular weight is 559 g/mol. The molecule has 2 aromatic rings. The van der Waals surface area contributed by atoms with Crippen LogP contribution in [0.3, 0.4) is 0 Å². The van der Waals surface area contributed by atoms with Crippen LogP contribution in [-0.4, -0.2) is 80.2 Å². The van der Waals surface area contributed by atoms with Crippen LogP contribution in [0, 0.1) is 0 Å². The van der Waals surface area contributed by atoms with Gasteiger partial charge in [0.2, 0.25) is 17.7 Å². The first-order valence-electron chi connectivity index (χ1n) is 12.0. The molecule has 40 heavy (non-hydrogen) atoms. The number of amides is 3. The smallest absolute Gasteiger partial charge is 0.326 e. The number of hydrogen-bond donors (Lipinski definition) is 8. The third-order valence-electron chi connectivity index (χ3n) is 5.65. The van der Waals surface area contributed by atoms with E-state index in [0.29, 0.717) is 5.56 Å². The van der Waals surface area contributed by atoms with Crippen molar-refractivity contribution in [3.63, 3.8) is 0 Å². The molecule has 0 heterocycles. The first-order chi connectivity index (χ1) is 18.8. The second kappa shape index (κ2) is 14.8. The summed E-state index contributed by atoms with van der Waals surface area (Å²) in [5.41, 5.74) is 7.07. The number of phenolic OH excluding ortho intramolecular Hbond substituents is 1. The summed E-state index contributed by atoms with van der Waals surface area (Å²) >= 11 is 0. The Kier molecular flexibility index (Phi) is 11.6. The molecule has 14 heteroatoms. The standard InChI is InChI=1S/C26H30N4O10/c27-17(10-14-4-2-1-3-5-14)23(36)28-19(12-21(32)33)25(38)29-18(11-15-6-8-16(31)9-7-15)24(37)30-20(26(39)40)13-22(34)35/h1-9,17-20,31H,10-13,27H2,(H,28,36)(H,29,38)(H,30,37)(H,32,33)(H,34,35)(H,39,40). The van der Waals surface area contributed by atoms with E-state index in [2.05, 4.69) is 10.6 Å². The summed E-state index contributed by atoms with van der Waals surface area (Å²) in [5, 5.41) is 43.7. The number of aromatic hydroxyl groups is 1. The number of nitrogens with one attached hydrogen (secondary N) is 3. The fourth-order valence-electron chi connectivity index (χ4n) is 3.62. The van der Waals surface area contributed by atoms with Crippen molar-refractivity contribution in [1.82, 2.24) is 16.0 Å². The van der Waals surface area contributed by atoms with Gasteiger partial charge in [0.1, 0.15) is 23.9 Å². The maximum Gasteiger partial charge on any atom is 0.326 e. The molecule has 9 N–H and O–H groups in total. The number of hydrogen-bond acceptors (Lipinski definition) is 8. The second-order valence-electron chi connectivity index (χ2n) is 8.88. The zero-order valence-electron chi connectivity index (χ0n) is 21.1. The van der Waals surface area contributed by atoms with Crippen molar-refractivity contribution in [2.24, 2.45) is 5.73 Å². The molecule has 0 aromatic heterocycles. The van der Waals surface area contributed by atoms with Crippen LogP contribution >= 0.6 is 0 Å². The molecule has 4 unspecified atom stereocenters. The molecule has 3 amide bonds. The SMILES string of the molecule is NC(Cc1ccccc1)C(=O)NC(CC(=O)O)C(=O)NC(Cc1ccc(O)cc1)C(=O)NC(CC(=O)O)C(=O)O. The Labute approximate surface area is 228 Å². The number of nitrogens with two attached hydrogens (primary N) is 1. The summed E-state index contributed by atoms with van der Waals surface area (Å²) in [7, 11) is 0. The molecule has 0 saturated heterocycles. The lowest BCUT2D eigenvalue weighted by atomic mass is 10.0. The van der Waals surface area contributed by atoms with Crippen molar-refractivity contribution in [2.75, 3.05) is 0 Å². The third kappa shape index (κ3) is 10.4. The lowest BCUT2D eigenvalue weighted by molar-refractivity contribution is -0.147. The molecule has 0 aliphatic carbocycles. The van der Waals surface area contributed by atoms with Gasteiger partial charge in [0.15, 0.2) is 0 Å². The highest BCUT2D eigenvalue weighted by Gasteiger charge is 2.32. The van der Waals surface area contributed by atoms with Crippen LogP contribution in [0.5, 0.6) is 5.75 Å². The summed E-state index contributed by atoms with van der Waals surface area (Å²) in [6, 6.07) is 8.05. The maximum absolute atomic E-state index is 13.1. The minimum absolute atomic E-state index is 0.0859. The fraction of sp³-hybridized carbons (Fsp3) is 0.308. The Balaban J connectivity index is 2.23. The summed E-state index contributed by atoms with van der Waals surface area (Å²) in [6.45, 7) is 0. The van der Waals surface area contributed by atoms with Gasteiger partial charge >= 0.3 is 17.9 Å². The molecular weight excluding hydrogens is 528 g/mol. The van der Waals surface area contributed by atoms with Gasteiger partial charge in [-0.3, -0.25) is 24.0 Å². The molecular formula is C26H30N4O10. The minimum atomic E-state index is -1.82. The van der Waals surface area contributed by atoms with Gasteiger partial charge in [-0.1, -0.05) is 42.5 Å². The number of carbonyl (C=O) groups excluding carboxylic acids is 3. The van der Waals surface area contributed by atoms with E-state index >= 15 is 0 Å². The number of aliphatic carboxylic acids is 3. The van der Waals surface area contributed by atoms with Crippen molar-refractivity contribution in [3.05, 3.63) is 65.7 Å². The highest BCUT2D eigenvalue weighted by molar-refractivity contribution is 5.96. The summed E-state index contributed by atoms with van der Waals surface area (Å²) in [6.07, 6.45) is -1.96. The fourth-order valence-corrected chi connectivity index (χ4v) is 3.62. The van der Waals surface area contributed by atoms with Gasteiger partial charge in [0.25, 0.3) is 0 Å². The number of phenols is 1. The molecule has 0 aliphatic rings. The van der Waals surface area contributed by atoms with Gasteiger partial charge in [-0.25, -0.2) is 4.79 Å². The van der Waals surface area contributed by atoms with Gasteiger partial charge in [-0.2, -0.15) is 0 Å². The molecule has 2 rings (SSSR count). The van der Waals surface area contributed by atoms with Crippen LogP contribution in [0.25, 0.3) is 0 Å². The maximum atomic E-state index is 13.1. The van der Waals surface area contributed by atoms with E-state index in [1.165, 1.54) is 24.3 Å². The highest BCUT2D eigenvalue weighted by atomic mass is 16.4. The summed E-state index contributed by atoms with van der Waals surface area (Å²) in [5.74, 6) is -7.63. The Hall–Kier alpha value is -4.98. The Morgan fingerprint density at radius 1 is 0.625 bits per heavy atom. The minimum Gasteiger partial charge on any atom is -0.508 e. The van der Waals surface area contributed by atoms with Crippen molar-refractivity contribution >= 4 is 35.6 Å². The number of carboxylic acids is 3. The van der Waals surface area contributed by atoms with Gasteiger partial charge in [0.05, 0.1) is 18.9 Å². The van der Waals surface area contributed by atoms with Gasteiger partial charge in [-0.05, 0) is 29.7 Å². The van der Waals surface area contributed by atoms with Crippen LogP contribution in [0.15, 0.2) is 54.6 Å². The average Bonchev–Trinajstić information content (AvgIpc) is 2.88. The molecule has 214 valence electrons. The quantitative estimate of drug-likeness (QED) is 0.132. The van der Waals surface area contributed by atoms with Crippen molar-refractivity contribution < 1.29 is 49.2 Å². The van der Waals surface area contributed by atoms with E-state index in [0.717, 1.165) is 5.56 Å². The predicted molar refractivity (Wildman–Crippen MR) is 138 cm³/mol. The zero-order chi connectivity index (χ0) is 29.8. The molecule has 0 aliphatic heterocycles. The summed E-state index contributed by atoms with van der Waals surface area (Å²) in [4.78, 5) is 72.6. The van der Waals surface area contributed by atoms with Gasteiger partial charge in [-0.15, -0.1) is 0 Å². The van der Waals surface area contributed by atoms with E-state index < -0.39 is 72.6 Å². The largest absolute Gasteiger partial charge is 0.508 e. The van der Waals surface area contributed by atoms with Crippen molar-refractivity contribution in [3.8, 4) is 5.75 Å². The lowest BCUT2D eigenvalue weighted by Gasteiger charge is -2.24. The second-order valence-corrected chi connectivity index (χ2v) is 8.88. The molecule has 4 atom stereocenters. The molecule has 0 fully saturated rings. The van der Waals surface area contributed by atoms with Crippen molar-refractivity contribution in [1.29, 1.82) is 0 Å². The lowest BCUT2D eigenvalue weighted by Crippen LogP contribution is -2.58. The van der Waals surface area contributed by atoms with E-state index in [-0.39, 0.29) is 18.6 Å². The zero-order valence-corrected chi connectivity index (χ0v) is 21.1. The third-order valence-corrected chi connectivity index (χ3v) is 5.65. The Bertz CT molecular complexity index is 1220. The number of rotatable bonds is 15. The number of benzene rings is 2. The van der Waals surface area contributed by atoms with E-state index in [9.17, 15) is 44.1 Å². The molecule has 2 aromatic carbocycles. The summed E-state index contributed by atoms with van der Waals surface area (Å²) < 4.78 is 0. The number of carboxylic acid groups (broad SMARTS) is 3. The normalized spacial score (nSPS) is 13.6. The Morgan fingerprint density at radius 3 is 1.65 bits per heavy atom. The van der Waals surface area contributed by atoms with Crippen LogP contribution in [-0.2, 0) is 41.6 Å². The van der Waals surface area contributed by atoms with E-state index in [4.69, 9.17) is 10.8 Å². The van der Waals surface area contributed by atoms with E-state index in [1.54, 1.807) is 30.3 Å². The number of carbonyl (C=O) groups is 6. The van der Waals surface area contributed by atoms with Gasteiger partial charge in [0, 0.05) is 6.42 Å². The van der Waals surface area contributed by atoms with Crippen LogP contribution in [0.4, 0.5) is 0 Å². The van der Waals surface area contributed by atoms with E-state index in [1.807, 2.05) is 5.32 Å². The molecule has 0 radical (unpaired) electrons. The molecule has 0 saturated carbocycles. The molecule has 0 spiro atoms. The molecule has 0 bridgehead atoms. The first kappa shape index (κ1) is 31.2.